The largest absolute Gasteiger partial charge is 0.483 e. The van der Waals surface area contributed by atoms with Crippen LogP contribution in [0.5, 0.6) is 5.75 Å². The molecule has 3 rings (SSSR count). The van der Waals surface area contributed by atoms with E-state index in [4.69, 9.17) is 4.74 Å². The summed E-state index contributed by atoms with van der Waals surface area (Å²) in [5.41, 5.74) is 6.30. The first-order chi connectivity index (χ1) is 14.7. The van der Waals surface area contributed by atoms with Gasteiger partial charge in [0.25, 0.3) is 5.91 Å². The quantitative estimate of drug-likeness (QED) is 0.328. The van der Waals surface area contributed by atoms with Gasteiger partial charge in [-0.05, 0) is 90.0 Å². The van der Waals surface area contributed by atoms with E-state index >= 15 is 0 Å². The van der Waals surface area contributed by atoms with Crippen molar-refractivity contribution in [3.63, 3.8) is 0 Å². The number of hydrazone groups is 1. The molecule has 0 spiro atoms. The third kappa shape index (κ3) is 5.89. The molecular formula is C24H29Br2N3O2. The maximum Gasteiger partial charge on any atom is 0.277 e. The summed E-state index contributed by atoms with van der Waals surface area (Å²) in [5, 5.41) is 4.11. The average Bonchev–Trinajstić information content (AvgIpc) is 2.70. The average molecular weight is 551 g/mol. The topological polar surface area (TPSA) is 53.9 Å². The molecule has 2 aromatic carbocycles. The highest BCUT2D eigenvalue weighted by atomic mass is 79.9. The van der Waals surface area contributed by atoms with Crippen molar-refractivity contribution >= 4 is 49.7 Å². The molecule has 1 amide bonds. The normalized spacial score (nSPS) is 17.5. The van der Waals surface area contributed by atoms with Crippen molar-refractivity contribution in [3.05, 3.63) is 56.5 Å². The first-order valence-corrected chi connectivity index (χ1v) is 12.1. The predicted octanol–water partition coefficient (Wildman–Crippen LogP) is 6.24. The van der Waals surface area contributed by atoms with Crippen LogP contribution in [-0.2, 0) is 4.79 Å². The fourth-order valence-corrected chi connectivity index (χ4v) is 5.34. The van der Waals surface area contributed by atoms with Gasteiger partial charge in [-0.15, -0.1) is 0 Å². The molecule has 0 aliphatic carbocycles. The van der Waals surface area contributed by atoms with E-state index in [0.717, 1.165) is 33.9 Å². The van der Waals surface area contributed by atoms with E-state index in [1.165, 1.54) is 11.3 Å². The SMILES string of the molecule is CCCN1c2ccc(/C=N/NC(=O)COc3ccc(Br)cc3Br)cc2C(C)CC1(C)C. The van der Waals surface area contributed by atoms with Gasteiger partial charge in [0.1, 0.15) is 5.75 Å². The molecule has 2 aromatic rings. The van der Waals surface area contributed by atoms with Crippen LogP contribution in [0.1, 0.15) is 57.6 Å². The van der Waals surface area contributed by atoms with Gasteiger partial charge >= 0.3 is 0 Å². The molecule has 1 heterocycles. The summed E-state index contributed by atoms with van der Waals surface area (Å²) >= 11 is 6.81. The first kappa shape index (κ1) is 23.8. The van der Waals surface area contributed by atoms with Crippen molar-refractivity contribution in [2.75, 3.05) is 18.1 Å². The van der Waals surface area contributed by atoms with Crippen molar-refractivity contribution in [2.45, 2.75) is 52.0 Å². The van der Waals surface area contributed by atoms with Crippen molar-refractivity contribution in [1.82, 2.24) is 5.43 Å². The second kappa shape index (κ2) is 10.2. The monoisotopic (exact) mass is 549 g/mol. The standard InChI is InChI=1S/C24H29Br2N3O2/c1-5-10-29-21-8-6-17(11-19(21)16(2)13-24(29,3)4)14-27-28-23(30)15-31-22-9-7-18(25)12-20(22)26/h6-9,11-12,14,16H,5,10,13,15H2,1-4H3,(H,28,30)/b27-14+. The van der Waals surface area contributed by atoms with Crippen LogP contribution in [0, 0.1) is 0 Å². The third-order valence-electron chi connectivity index (χ3n) is 5.51. The zero-order chi connectivity index (χ0) is 22.6. The lowest BCUT2D eigenvalue weighted by molar-refractivity contribution is -0.123. The van der Waals surface area contributed by atoms with E-state index in [0.29, 0.717) is 11.7 Å². The fraction of sp³-hybridized carbons (Fsp3) is 0.417. The summed E-state index contributed by atoms with van der Waals surface area (Å²) in [6, 6.07) is 11.9. The third-order valence-corrected chi connectivity index (χ3v) is 6.63. The molecule has 1 aliphatic heterocycles. The number of carbonyl (C=O) groups excluding carboxylic acids is 1. The molecule has 1 atom stereocenters. The number of benzene rings is 2. The highest BCUT2D eigenvalue weighted by Crippen LogP contribution is 2.43. The Morgan fingerprint density at radius 3 is 2.77 bits per heavy atom. The van der Waals surface area contributed by atoms with Gasteiger partial charge in [-0.25, -0.2) is 5.43 Å². The number of rotatable bonds is 7. The fourth-order valence-electron chi connectivity index (χ4n) is 4.18. The Hall–Kier alpha value is -1.86. The zero-order valence-corrected chi connectivity index (χ0v) is 21.6. The molecule has 166 valence electrons. The molecule has 7 heteroatoms. The summed E-state index contributed by atoms with van der Waals surface area (Å²) in [6.45, 7) is 10.1. The van der Waals surface area contributed by atoms with Crippen LogP contribution in [0.4, 0.5) is 5.69 Å². The van der Waals surface area contributed by atoms with Crippen LogP contribution >= 0.6 is 31.9 Å². The molecule has 0 bridgehead atoms. The van der Waals surface area contributed by atoms with Crippen molar-refractivity contribution < 1.29 is 9.53 Å². The number of anilines is 1. The van der Waals surface area contributed by atoms with E-state index < -0.39 is 0 Å². The van der Waals surface area contributed by atoms with Crippen molar-refractivity contribution in [3.8, 4) is 5.75 Å². The minimum atomic E-state index is -0.312. The molecule has 0 fully saturated rings. The Bertz CT molecular complexity index is 975. The molecule has 0 radical (unpaired) electrons. The van der Waals surface area contributed by atoms with Crippen LogP contribution in [0.25, 0.3) is 0 Å². The van der Waals surface area contributed by atoms with Crippen molar-refractivity contribution in [2.24, 2.45) is 5.10 Å². The highest BCUT2D eigenvalue weighted by molar-refractivity contribution is 9.11. The van der Waals surface area contributed by atoms with E-state index in [1.807, 2.05) is 12.1 Å². The lowest BCUT2D eigenvalue weighted by Crippen LogP contribution is -2.48. The summed E-state index contributed by atoms with van der Waals surface area (Å²) in [4.78, 5) is 14.6. The number of hydrogen-bond donors (Lipinski definition) is 1. The van der Waals surface area contributed by atoms with Gasteiger partial charge in [-0.2, -0.15) is 5.10 Å². The van der Waals surface area contributed by atoms with E-state index in [9.17, 15) is 4.79 Å². The van der Waals surface area contributed by atoms with Gasteiger partial charge in [0, 0.05) is 22.2 Å². The van der Waals surface area contributed by atoms with E-state index in [2.05, 4.69) is 93.2 Å². The van der Waals surface area contributed by atoms with Crippen LogP contribution in [-0.4, -0.2) is 30.8 Å². The Labute approximate surface area is 201 Å². The van der Waals surface area contributed by atoms with E-state index in [-0.39, 0.29) is 18.1 Å². The second-order valence-corrected chi connectivity index (χ2v) is 10.3. The Morgan fingerprint density at radius 2 is 2.06 bits per heavy atom. The molecule has 0 aromatic heterocycles. The highest BCUT2D eigenvalue weighted by Gasteiger charge is 2.35. The Balaban J connectivity index is 1.62. The number of amides is 1. The molecule has 5 nitrogen and oxygen atoms in total. The lowest BCUT2D eigenvalue weighted by Gasteiger charge is -2.47. The summed E-state index contributed by atoms with van der Waals surface area (Å²) < 4.78 is 7.25. The zero-order valence-electron chi connectivity index (χ0n) is 18.4. The number of ether oxygens (including phenoxy) is 1. The van der Waals surface area contributed by atoms with Crippen molar-refractivity contribution in [1.29, 1.82) is 0 Å². The summed E-state index contributed by atoms with van der Waals surface area (Å²) in [5.74, 6) is 0.762. The number of halogens is 2. The Morgan fingerprint density at radius 1 is 1.29 bits per heavy atom. The first-order valence-electron chi connectivity index (χ1n) is 10.5. The molecule has 31 heavy (non-hydrogen) atoms. The molecule has 1 N–H and O–H groups in total. The van der Waals surface area contributed by atoms with E-state index in [1.54, 1.807) is 12.3 Å². The minimum Gasteiger partial charge on any atom is -0.483 e. The molecule has 1 aliphatic rings. The molecule has 0 saturated carbocycles. The minimum absolute atomic E-state index is 0.111. The smallest absolute Gasteiger partial charge is 0.277 e. The maximum absolute atomic E-state index is 12.1. The van der Waals surface area contributed by atoms with Gasteiger partial charge in [-0.3, -0.25) is 4.79 Å². The van der Waals surface area contributed by atoms with Crippen LogP contribution in [0.3, 0.4) is 0 Å². The van der Waals surface area contributed by atoms with Gasteiger partial charge in [0.2, 0.25) is 0 Å². The molecule has 1 unspecified atom stereocenters. The van der Waals surface area contributed by atoms with Gasteiger partial charge in [0.15, 0.2) is 6.61 Å². The molecular weight excluding hydrogens is 522 g/mol. The molecule has 0 saturated heterocycles. The summed E-state index contributed by atoms with van der Waals surface area (Å²) in [7, 11) is 0. The Kier molecular flexibility index (Phi) is 7.81. The van der Waals surface area contributed by atoms with Crippen LogP contribution in [0.2, 0.25) is 0 Å². The number of hydrogen-bond acceptors (Lipinski definition) is 4. The van der Waals surface area contributed by atoms with Gasteiger partial charge in [0.05, 0.1) is 10.7 Å². The van der Waals surface area contributed by atoms with Gasteiger partial charge in [-0.1, -0.05) is 35.8 Å². The van der Waals surface area contributed by atoms with Crippen LogP contribution in [0.15, 0.2) is 50.4 Å². The number of nitrogens with one attached hydrogen (secondary N) is 1. The van der Waals surface area contributed by atoms with Crippen LogP contribution < -0.4 is 15.1 Å². The summed E-state index contributed by atoms with van der Waals surface area (Å²) in [6.07, 6.45) is 3.91. The predicted molar refractivity (Wildman–Crippen MR) is 134 cm³/mol. The number of nitrogens with zero attached hydrogens (tertiary/aromatic N) is 2. The number of fused-ring (bicyclic) bond motifs is 1. The van der Waals surface area contributed by atoms with Gasteiger partial charge < -0.3 is 9.64 Å². The maximum atomic E-state index is 12.1. The second-order valence-electron chi connectivity index (χ2n) is 8.54. The lowest BCUT2D eigenvalue weighted by atomic mass is 9.79. The number of carbonyl (C=O) groups is 1.